The van der Waals surface area contributed by atoms with Gasteiger partial charge in [-0.3, -0.25) is 4.98 Å². The summed E-state index contributed by atoms with van der Waals surface area (Å²) in [5, 5.41) is 18.1. The number of nitrogens with one attached hydrogen (secondary N) is 1. The van der Waals surface area contributed by atoms with Gasteiger partial charge in [0, 0.05) is 12.2 Å². The van der Waals surface area contributed by atoms with Gasteiger partial charge in [-0.1, -0.05) is 6.92 Å². The lowest BCUT2D eigenvalue weighted by Crippen LogP contribution is -2.44. The second kappa shape index (κ2) is 9.91. The molecule has 0 aliphatic heterocycles. The van der Waals surface area contributed by atoms with Crippen LogP contribution in [0.3, 0.4) is 0 Å². The lowest BCUT2D eigenvalue weighted by molar-refractivity contribution is 0.0521. The number of fused-ring (bicyclic) bond motifs is 1. The van der Waals surface area contributed by atoms with Crippen LogP contribution in [-0.4, -0.2) is 36.8 Å². The first kappa shape index (κ1) is 25.8. The number of pyridine rings is 1. The van der Waals surface area contributed by atoms with Gasteiger partial charge < -0.3 is 16.2 Å². The zero-order chi connectivity index (χ0) is 27.3. The average molecular weight is 537 g/mol. The van der Waals surface area contributed by atoms with Crippen LogP contribution in [0.25, 0.3) is 16.8 Å². The fraction of sp³-hybridized carbons (Fsp3) is 0.414. The zero-order valence-corrected chi connectivity index (χ0v) is 21.6. The number of aliphatic hydroxyl groups is 1. The van der Waals surface area contributed by atoms with Crippen LogP contribution in [0, 0.1) is 17.6 Å². The molecule has 3 aromatic heterocycles. The van der Waals surface area contributed by atoms with Gasteiger partial charge in [0.25, 0.3) is 0 Å². The molecule has 4 N–H and O–H groups in total. The predicted octanol–water partition coefficient (Wildman–Crippen LogP) is 5.75. The Morgan fingerprint density at radius 2 is 1.82 bits per heavy atom. The molecular formula is C29H31F3N6O. The summed E-state index contributed by atoms with van der Waals surface area (Å²) in [6, 6.07) is 6.98. The number of rotatable bonds is 5. The van der Waals surface area contributed by atoms with Crippen molar-refractivity contribution in [2.45, 2.75) is 69.2 Å². The molecular weight excluding hydrogens is 505 g/mol. The van der Waals surface area contributed by atoms with Gasteiger partial charge in [-0.25, -0.2) is 18.2 Å². The van der Waals surface area contributed by atoms with Crippen molar-refractivity contribution in [2.24, 2.45) is 11.7 Å². The van der Waals surface area contributed by atoms with Crippen molar-refractivity contribution >= 4 is 17.2 Å². The maximum Gasteiger partial charge on any atom is 0.229 e. The van der Waals surface area contributed by atoms with E-state index in [-0.39, 0.29) is 47.5 Å². The molecule has 1 aromatic carbocycles. The van der Waals surface area contributed by atoms with E-state index in [1.807, 2.05) is 13.0 Å². The number of halogens is 3. The number of hydrogen-bond acceptors (Lipinski definition) is 6. The Kier molecular flexibility index (Phi) is 6.55. The molecule has 2 aliphatic rings. The molecule has 0 radical (unpaired) electrons. The van der Waals surface area contributed by atoms with Crippen LogP contribution >= 0.6 is 0 Å². The topological polar surface area (TPSA) is 101 Å². The third-order valence-corrected chi connectivity index (χ3v) is 8.37. The maximum absolute atomic E-state index is 15.2. The molecule has 4 atom stereocenters. The van der Waals surface area contributed by atoms with Crippen molar-refractivity contribution in [1.29, 1.82) is 0 Å². The van der Waals surface area contributed by atoms with E-state index in [0.717, 1.165) is 24.1 Å². The zero-order valence-electron chi connectivity index (χ0n) is 21.6. The minimum Gasteiger partial charge on any atom is -0.391 e. The van der Waals surface area contributed by atoms with Crippen molar-refractivity contribution in [2.75, 3.05) is 5.32 Å². The van der Waals surface area contributed by atoms with E-state index < -0.39 is 23.4 Å². The summed E-state index contributed by atoms with van der Waals surface area (Å²) in [5.74, 6) is -1.20. The van der Waals surface area contributed by atoms with Crippen molar-refractivity contribution in [3.63, 3.8) is 0 Å². The molecule has 2 saturated carbocycles. The Bertz CT molecular complexity index is 1480. The van der Waals surface area contributed by atoms with E-state index >= 15 is 13.2 Å². The predicted molar refractivity (Wildman–Crippen MR) is 142 cm³/mol. The summed E-state index contributed by atoms with van der Waals surface area (Å²) < 4.78 is 47.1. The highest BCUT2D eigenvalue weighted by Crippen LogP contribution is 2.44. The summed E-state index contributed by atoms with van der Waals surface area (Å²) in [4.78, 5) is 8.69. The molecule has 0 saturated heterocycles. The number of anilines is 2. The largest absolute Gasteiger partial charge is 0.391 e. The molecule has 3 heterocycles. The SMILES string of the molecule is C[C@H]1C[C@@H](c2ccncc2Nc2ncc3ccc(-c4c(F)cc(C5(F)CCCC5)cc4F)nn23)C[C@@H](N)[C@H]1O. The Morgan fingerprint density at radius 1 is 1.08 bits per heavy atom. The fourth-order valence-corrected chi connectivity index (χ4v) is 6.22. The van der Waals surface area contributed by atoms with Crippen LogP contribution in [-0.2, 0) is 5.67 Å². The Morgan fingerprint density at radius 3 is 2.54 bits per heavy atom. The standard InChI is InChI=1S/C29H31F3N6O/c1-16-10-17(11-23(33)27(16)39)20-6-9-34-15-25(20)36-28-35-14-19-4-5-24(37-38(19)28)26-21(30)12-18(13-22(26)31)29(32)7-2-3-8-29/h4-6,9,12-17,23,27,39H,2-3,7-8,10-11,33H2,1H3,(H,35,36)/t16-,17+,23+,27-/m0/s1. The van der Waals surface area contributed by atoms with Crippen molar-refractivity contribution in [3.05, 3.63) is 71.7 Å². The summed E-state index contributed by atoms with van der Waals surface area (Å²) >= 11 is 0. The first-order valence-corrected chi connectivity index (χ1v) is 13.4. The minimum atomic E-state index is -1.70. The van der Waals surface area contributed by atoms with E-state index in [1.54, 1.807) is 24.7 Å². The van der Waals surface area contributed by atoms with Gasteiger partial charge in [-0.2, -0.15) is 9.61 Å². The van der Waals surface area contributed by atoms with Crippen LogP contribution in [0.1, 0.15) is 62.5 Å². The van der Waals surface area contributed by atoms with Gasteiger partial charge >= 0.3 is 0 Å². The molecule has 7 nitrogen and oxygen atoms in total. The third-order valence-electron chi connectivity index (χ3n) is 8.37. The minimum absolute atomic E-state index is 0.0400. The van der Waals surface area contributed by atoms with Crippen LogP contribution in [0.5, 0.6) is 0 Å². The van der Waals surface area contributed by atoms with Crippen molar-refractivity contribution < 1.29 is 18.3 Å². The molecule has 0 amide bonds. The lowest BCUT2D eigenvalue weighted by Gasteiger charge is -2.36. The second-order valence-corrected chi connectivity index (χ2v) is 11.0. The van der Waals surface area contributed by atoms with E-state index in [1.165, 1.54) is 10.6 Å². The molecule has 0 unspecified atom stereocenters. The van der Waals surface area contributed by atoms with Gasteiger partial charge in [-0.05, 0) is 91.8 Å². The van der Waals surface area contributed by atoms with Gasteiger partial charge in [0.15, 0.2) is 0 Å². The molecule has 4 aromatic rings. The van der Waals surface area contributed by atoms with Gasteiger partial charge in [0.1, 0.15) is 17.3 Å². The summed E-state index contributed by atoms with van der Waals surface area (Å²) in [6.07, 6.45) is 7.79. The van der Waals surface area contributed by atoms with Gasteiger partial charge in [-0.15, -0.1) is 0 Å². The Hall–Kier alpha value is -3.50. The molecule has 0 spiro atoms. The highest BCUT2D eigenvalue weighted by atomic mass is 19.1. The van der Waals surface area contributed by atoms with E-state index in [4.69, 9.17) is 5.73 Å². The number of alkyl halides is 1. The van der Waals surface area contributed by atoms with E-state index in [9.17, 15) is 5.11 Å². The molecule has 204 valence electrons. The summed E-state index contributed by atoms with van der Waals surface area (Å²) in [7, 11) is 0. The van der Waals surface area contributed by atoms with E-state index in [0.29, 0.717) is 36.4 Å². The number of aromatic nitrogens is 4. The van der Waals surface area contributed by atoms with Gasteiger partial charge in [0.05, 0.1) is 41.0 Å². The monoisotopic (exact) mass is 536 g/mol. The molecule has 2 fully saturated rings. The Labute approximate surface area is 224 Å². The fourth-order valence-electron chi connectivity index (χ4n) is 6.22. The van der Waals surface area contributed by atoms with Crippen molar-refractivity contribution in [3.8, 4) is 11.3 Å². The maximum atomic E-state index is 15.2. The number of nitrogens with zero attached hydrogens (tertiary/aromatic N) is 4. The number of hydrogen-bond donors (Lipinski definition) is 3. The smallest absolute Gasteiger partial charge is 0.229 e. The van der Waals surface area contributed by atoms with Crippen LogP contribution < -0.4 is 11.1 Å². The van der Waals surface area contributed by atoms with Crippen LogP contribution in [0.4, 0.5) is 24.8 Å². The number of imidazole rings is 1. The first-order valence-electron chi connectivity index (χ1n) is 13.4. The number of nitrogens with two attached hydrogens (primary N) is 1. The van der Waals surface area contributed by atoms with Gasteiger partial charge in [0.2, 0.25) is 5.95 Å². The first-order chi connectivity index (χ1) is 18.7. The van der Waals surface area contributed by atoms with Crippen LogP contribution in [0.15, 0.2) is 48.9 Å². The highest BCUT2D eigenvalue weighted by Gasteiger charge is 2.37. The molecule has 39 heavy (non-hydrogen) atoms. The molecule has 6 rings (SSSR count). The number of benzene rings is 1. The van der Waals surface area contributed by atoms with Crippen LogP contribution in [0.2, 0.25) is 0 Å². The normalized spacial score (nSPS) is 24.8. The molecule has 2 aliphatic carbocycles. The average Bonchev–Trinajstić information content (AvgIpc) is 3.54. The van der Waals surface area contributed by atoms with E-state index in [2.05, 4.69) is 20.4 Å². The quantitative estimate of drug-likeness (QED) is 0.300. The van der Waals surface area contributed by atoms with Crippen molar-refractivity contribution in [1.82, 2.24) is 19.6 Å². The Balaban J connectivity index is 1.33. The summed E-state index contributed by atoms with van der Waals surface area (Å²) in [5.41, 5.74) is 6.63. The molecule has 0 bridgehead atoms. The third kappa shape index (κ3) is 4.65. The molecule has 10 heteroatoms. The second-order valence-electron chi connectivity index (χ2n) is 11.0. The summed E-state index contributed by atoms with van der Waals surface area (Å²) in [6.45, 7) is 1.99. The lowest BCUT2D eigenvalue weighted by atomic mass is 9.74. The number of aliphatic hydroxyl groups excluding tert-OH is 1. The highest BCUT2D eigenvalue weighted by molar-refractivity contribution is 5.66.